The Hall–Kier alpha value is -0.780. The quantitative estimate of drug-likeness (QED) is 0.844. The van der Waals surface area contributed by atoms with Crippen LogP contribution >= 0.6 is 22.6 Å². The number of hydrogen-bond donors (Lipinski definition) is 1. The Balaban J connectivity index is 1.93. The molecule has 3 nitrogen and oxygen atoms in total. The van der Waals surface area contributed by atoms with Crippen LogP contribution in [0.2, 0.25) is 0 Å². The van der Waals surface area contributed by atoms with Crippen molar-refractivity contribution >= 4 is 28.6 Å². The van der Waals surface area contributed by atoms with Gasteiger partial charge in [0, 0.05) is 5.41 Å². The van der Waals surface area contributed by atoms with Crippen LogP contribution in [0.15, 0.2) is 24.3 Å². The number of ether oxygens (including phenoxy) is 1. The molecule has 0 saturated heterocycles. The molecule has 1 saturated carbocycles. The summed E-state index contributed by atoms with van der Waals surface area (Å²) >= 11 is 2.22. The highest BCUT2D eigenvalue weighted by atomic mass is 127. The molecule has 0 heterocycles. The summed E-state index contributed by atoms with van der Waals surface area (Å²) in [5, 5.41) is 8.78. The van der Waals surface area contributed by atoms with Crippen molar-refractivity contribution in [2.45, 2.75) is 19.3 Å². The minimum absolute atomic E-state index is 0.106. The fourth-order valence-electron chi connectivity index (χ4n) is 1.66. The van der Waals surface area contributed by atoms with Crippen molar-refractivity contribution in [2.24, 2.45) is 5.41 Å². The van der Waals surface area contributed by atoms with E-state index in [1.165, 1.54) is 0 Å². The molecular formula is C12H13IO3. The Morgan fingerprint density at radius 1 is 1.44 bits per heavy atom. The molecular weight excluding hydrogens is 319 g/mol. The summed E-state index contributed by atoms with van der Waals surface area (Å²) in [4.78, 5) is 10.7. The Kier molecular flexibility index (Phi) is 3.37. The smallest absolute Gasteiger partial charge is 0.304 e. The van der Waals surface area contributed by atoms with E-state index in [0.717, 1.165) is 22.2 Å². The lowest BCUT2D eigenvalue weighted by molar-refractivity contribution is -0.138. The van der Waals surface area contributed by atoms with E-state index in [-0.39, 0.29) is 11.8 Å². The van der Waals surface area contributed by atoms with Crippen LogP contribution in [0.5, 0.6) is 5.75 Å². The van der Waals surface area contributed by atoms with Crippen LogP contribution in [-0.4, -0.2) is 17.7 Å². The molecule has 0 aromatic heterocycles. The number of halogens is 1. The standard InChI is InChI=1S/C12H13IO3/c13-9-3-1-2-4-10(9)16-8-12(5-6-12)7-11(14)15/h1-4H,5-8H2,(H,14,15). The van der Waals surface area contributed by atoms with E-state index in [1.54, 1.807) is 0 Å². The first-order valence-electron chi connectivity index (χ1n) is 5.20. The van der Waals surface area contributed by atoms with Crippen molar-refractivity contribution in [1.82, 2.24) is 0 Å². The van der Waals surface area contributed by atoms with E-state index in [2.05, 4.69) is 22.6 Å². The molecule has 1 aliphatic rings. The number of hydrogen-bond acceptors (Lipinski definition) is 2. The predicted octanol–water partition coefficient (Wildman–Crippen LogP) is 2.92. The molecule has 0 radical (unpaired) electrons. The lowest BCUT2D eigenvalue weighted by atomic mass is 10.0. The summed E-state index contributed by atoms with van der Waals surface area (Å²) in [6.45, 7) is 0.513. The highest BCUT2D eigenvalue weighted by Gasteiger charge is 2.45. The zero-order valence-electron chi connectivity index (χ0n) is 8.78. The minimum atomic E-state index is -0.733. The molecule has 86 valence electrons. The first kappa shape index (κ1) is 11.7. The molecule has 1 aliphatic carbocycles. The average Bonchev–Trinajstić information content (AvgIpc) is 2.96. The fraction of sp³-hybridized carbons (Fsp3) is 0.417. The largest absolute Gasteiger partial charge is 0.492 e. The number of rotatable bonds is 5. The third kappa shape index (κ3) is 2.87. The Bertz CT molecular complexity index is 399. The van der Waals surface area contributed by atoms with E-state index in [1.807, 2.05) is 24.3 Å². The van der Waals surface area contributed by atoms with Crippen LogP contribution in [0.25, 0.3) is 0 Å². The molecule has 0 bridgehead atoms. The maximum Gasteiger partial charge on any atom is 0.304 e. The molecule has 2 rings (SSSR count). The number of aliphatic carboxylic acids is 1. The zero-order valence-corrected chi connectivity index (χ0v) is 10.9. The summed E-state index contributed by atoms with van der Waals surface area (Å²) in [6, 6.07) is 7.78. The van der Waals surface area contributed by atoms with Crippen molar-refractivity contribution in [2.75, 3.05) is 6.61 Å². The van der Waals surface area contributed by atoms with Crippen molar-refractivity contribution in [3.05, 3.63) is 27.8 Å². The summed E-state index contributed by atoms with van der Waals surface area (Å²) in [5.41, 5.74) is -0.106. The average molecular weight is 332 g/mol. The van der Waals surface area contributed by atoms with Gasteiger partial charge >= 0.3 is 5.97 Å². The molecule has 1 fully saturated rings. The normalized spacial score (nSPS) is 16.8. The van der Waals surface area contributed by atoms with Crippen LogP contribution in [0.1, 0.15) is 19.3 Å². The molecule has 0 spiro atoms. The van der Waals surface area contributed by atoms with Crippen molar-refractivity contribution in [3.8, 4) is 5.75 Å². The Morgan fingerprint density at radius 2 is 2.12 bits per heavy atom. The molecule has 4 heteroatoms. The van der Waals surface area contributed by atoms with E-state index in [9.17, 15) is 4.79 Å². The van der Waals surface area contributed by atoms with Gasteiger partial charge in [-0.1, -0.05) is 12.1 Å². The Morgan fingerprint density at radius 3 is 2.69 bits per heavy atom. The number of carboxylic acid groups (broad SMARTS) is 1. The molecule has 0 unspecified atom stereocenters. The maximum absolute atomic E-state index is 10.7. The second-order valence-electron chi connectivity index (χ2n) is 4.29. The highest BCUT2D eigenvalue weighted by molar-refractivity contribution is 14.1. The number of para-hydroxylation sites is 1. The van der Waals surface area contributed by atoms with Gasteiger partial charge in [0.05, 0.1) is 16.6 Å². The van der Waals surface area contributed by atoms with E-state index in [0.29, 0.717) is 6.61 Å². The van der Waals surface area contributed by atoms with Crippen molar-refractivity contribution in [3.63, 3.8) is 0 Å². The summed E-state index contributed by atoms with van der Waals surface area (Å²) in [6.07, 6.45) is 2.14. The lowest BCUT2D eigenvalue weighted by Crippen LogP contribution is -2.17. The van der Waals surface area contributed by atoms with Gasteiger partial charge in [0.2, 0.25) is 0 Å². The van der Waals surface area contributed by atoms with Crippen LogP contribution in [-0.2, 0) is 4.79 Å². The number of carboxylic acids is 1. The third-order valence-corrected chi connectivity index (χ3v) is 3.75. The first-order chi connectivity index (χ1) is 7.61. The number of benzene rings is 1. The van der Waals surface area contributed by atoms with Crippen LogP contribution in [0, 0.1) is 8.99 Å². The molecule has 16 heavy (non-hydrogen) atoms. The molecule has 0 amide bonds. The van der Waals surface area contributed by atoms with Crippen LogP contribution in [0.4, 0.5) is 0 Å². The van der Waals surface area contributed by atoms with E-state index >= 15 is 0 Å². The lowest BCUT2D eigenvalue weighted by Gasteiger charge is -2.14. The van der Waals surface area contributed by atoms with Gasteiger partial charge in [-0.3, -0.25) is 4.79 Å². The third-order valence-electron chi connectivity index (χ3n) is 2.85. The van der Waals surface area contributed by atoms with Gasteiger partial charge in [-0.2, -0.15) is 0 Å². The van der Waals surface area contributed by atoms with Gasteiger partial charge < -0.3 is 9.84 Å². The van der Waals surface area contributed by atoms with Crippen LogP contribution in [0.3, 0.4) is 0 Å². The SMILES string of the molecule is O=C(O)CC1(COc2ccccc2I)CC1. The molecule has 0 atom stereocenters. The summed E-state index contributed by atoms with van der Waals surface area (Å²) in [7, 11) is 0. The second-order valence-corrected chi connectivity index (χ2v) is 5.45. The predicted molar refractivity (Wildman–Crippen MR) is 68.6 cm³/mol. The topological polar surface area (TPSA) is 46.5 Å². The van der Waals surface area contributed by atoms with Gasteiger partial charge in [0.25, 0.3) is 0 Å². The molecule has 1 aromatic carbocycles. The van der Waals surface area contributed by atoms with Gasteiger partial charge in [-0.05, 0) is 47.6 Å². The van der Waals surface area contributed by atoms with Crippen LogP contribution < -0.4 is 4.74 Å². The Labute approximate surface area is 108 Å². The highest BCUT2D eigenvalue weighted by Crippen LogP contribution is 2.49. The van der Waals surface area contributed by atoms with Crippen molar-refractivity contribution in [1.29, 1.82) is 0 Å². The van der Waals surface area contributed by atoms with E-state index in [4.69, 9.17) is 9.84 Å². The summed E-state index contributed by atoms with van der Waals surface area (Å²) in [5.74, 6) is 0.114. The molecule has 1 N–H and O–H groups in total. The van der Waals surface area contributed by atoms with Gasteiger partial charge in [-0.15, -0.1) is 0 Å². The van der Waals surface area contributed by atoms with E-state index < -0.39 is 5.97 Å². The minimum Gasteiger partial charge on any atom is -0.492 e. The van der Waals surface area contributed by atoms with Gasteiger partial charge in [0.15, 0.2) is 0 Å². The zero-order chi connectivity index (χ0) is 11.6. The van der Waals surface area contributed by atoms with Crippen molar-refractivity contribution < 1.29 is 14.6 Å². The van der Waals surface area contributed by atoms with Gasteiger partial charge in [-0.25, -0.2) is 0 Å². The number of carbonyl (C=O) groups is 1. The molecule has 0 aliphatic heterocycles. The first-order valence-corrected chi connectivity index (χ1v) is 6.28. The monoisotopic (exact) mass is 332 g/mol. The molecule has 1 aromatic rings. The maximum atomic E-state index is 10.7. The summed E-state index contributed by atoms with van der Waals surface area (Å²) < 4.78 is 6.76. The second kappa shape index (κ2) is 4.61. The van der Waals surface area contributed by atoms with Gasteiger partial charge in [0.1, 0.15) is 5.75 Å². The fourth-order valence-corrected chi connectivity index (χ4v) is 2.21.